The summed E-state index contributed by atoms with van der Waals surface area (Å²) in [5.41, 5.74) is 7.14. The van der Waals surface area contributed by atoms with Crippen LogP contribution in [0.1, 0.15) is 24.8 Å². The highest BCUT2D eigenvalue weighted by Gasteiger charge is 2.09. The lowest BCUT2D eigenvalue weighted by molar-refractivity contribution is 0.293. The van der Waals surface area contributed by atoms with Crippen LogP contribution in [0.5, 0.6) is 11.5 Å². The Morgan fingerprint density at radius 3 is 2.33 bits per heavy atom. The van der Waals surface area contributed by atoms with Crippen molar-refractivity contribution in [2.24, 2.45) is 5.73 Å². The minimum atomic E-state index is 0.335. The molecular weight excluding hydrogens is 262 g/mol. The fraction of sp³-hybridized carbons (Fsp3) is 0.333. The molecule has 0 heterocycles. The molecule has 0 aliphatic heterocycles. The Morgan fingerprint density at radius 2 is 1.67 bits per heavy atom. The maximum atomic E-state index is 5.87. The van der Waals surface area contributed by atoms with Gasteiger partial charge in [0.2, 0.25) is 0 Å². The van der Waals surface area contributed by atoms with Gasteiger partial charge in [-0.2, -0.15) is 0 Å². The average molecular weight is 285 g/mol. The molecule has 3 nitrogen and oxygen atoms in total. The monoisotopic (exact) mass is 285 g/mol. The maximum Gasteiger partial charge on any atom is 0.122 e. The Hall–Kier alpha value is -2.00. The number of hydrogen-bond acceptors (Lipinski definition) is 3. The number of hydrogen-bond donors (Lipinski definition) is 1. The van der Waals surface area contributed by atoms with Crippen molar-refractivity contribution in [3.8, 4) is 11.5 Å². The third-order valence-electron chi connectivity index (χ3n) is 3.41. The van der Waals surface area contributed by atoms with Crippen molar-refractivity contribution in [1.29, 1.82) is 0 Å². The first kappa shape index (κ1) is 15.4. The summed E-state index contributed by atoms with van der Waals surface area (Å²) in [5, 5.41) is 0. The van der Waals surface area contributed by atoms with Crippen LogP contribution < -0.4 is 15.2 Å². The molecule has 2 rings (SSSR count). The maximum absolute atomic E-state index is 5.87. The van der Waals surface area contributed by atoms with Crippen LogP contribution in [0.3, 0.4) is 0 Å². The van der Waals surface area contributed by atoms with E-state index in [4.69, 9.17) is 15.2 Å². The lowest BCUT2D eigenvalue weighted by Crippen LogP contribution is -2.15. The van der Waals surface area contributed by atoms with Crippen molar-refractivity contribution in [3.63, 3.8) is 0 Å². The summed E-state index contributed by atoms with van der Waals surface area (Å²) in [6.45, 7) is 3.91. The highest BCUT2D eigenvalue weighted by molar-refractivity contribution is 5.32. The molecule has 0 aliphatic carbocycles. The van der Waals surface area contributed by atoms with E-state index in [1.807, 2.05) is 49.4 Å². The van der Waals surface area contributed by atoms with Crippen LogP contribution in [0.15, 0.2) is 54.6 Å². The van der Waals surface area contributed by atoms with E-state index in [0.717, 1.165) is 17.9 Å². The zero-order chi connectivity index (χ0) is 14.9. The second-order valence-corrected chi connectivity index (χ2v) is 4.89. The zero-order valence-corrected chi connectivity index (χ0v) is 12.5. The average Bonchev–Trinajstić information content (AvgIpc) is 2.53. The third-order valence-corrected chi connectivity index (χ3v) is 3.41. The van der Waals surface area contributed by atoms with E-state index in [-0.39, 0.29) is 0 Å². The van der Waals surface area contributed by atoms with Gasteiger partial charge in [0.1, 0.15) is 11.5 Å². The van der Waals surface area contributed by atoms with Crippen molar-refractivity contribution in [2.75, 3.05) is 19.8 Å². The van der Waals surface area contributed by atoms with E-state index in [2.05, 4.69) is 12.1 Å². The Bertz CT molecular complexity index is 528. The SMILES string of the molecule is CCOc1cccc(OCCC(CN)c2ccccc2)c1. The molecule has 2 N–H and O–H groups in total. The Balaban J connectivity index is 1.87. The van der Waals surface area contributed by atoms with Crippen LogP contribution in [-0.4, -0.2) is 19.8 Å². The molecule has 2 aromatic rings. The lowest BCUT2D eigenvalue weighted by Gasteiger charge is -2.16. The van der Waals surface area contributed by atoms with E-state index in [1.54, 1.807) is 0 Å². The number of benzene rings is 2. The first-order valence-electron chi connectivity index (χ1n) is 7.44. The molecule has 0 saturated heterocycles. The predicted molar refractivity (Wildman–Crippen MR) is 86.0 cm³/mol. The fourth-order valence-corrected chi connectivity index (χ4v) is 2.29. The van der Waals surface area contributed by atoms with Gasteiger partial charge in [-0.15, -0.1) is 0 Å². The number of rotatable bonds is 8. The summed E-state index contributed by atoms with van der Waals surface area (Å²) in [6, 6.07) is 18.1. The van der Waals surface area contributed by atoms with Gasteiger partial charge >= 0.3 is 0 Å². The molecule has 1 unspecified atom stereocenters. The van der Waals surface area contributed by atoms with Crippen molar-refractivity contribution in [1.82, 2.24) is 0 Å². The molecule has 0 amide bonds. The summed E-state index contributed by atoms with van der Waals surface area (Å²) < 4.78 is 11.3. The Morgan fingerprint density at radius 1 is 0.952 bits per heavy atom. The molecular formula is C18H23NO2. The molecule has 0 aliphatic rings. The van der Waals surface area contributed by atoms with Gasteiger partial charge in [0.05, 0.1) is 13.2 Å². The van der Waals surface area contributed by atoms with Crippen LogP contribution in [0.4, 0.5) is 0 Å². The second-order valence-electron chi connectivity index (χ2n) is 4.89. The molecule has 1 atom stereocenters. The molecule has 0 fully saturated rings. The van der Waals surface area contributed by atoms with E-state index >= 15 is 0 Å². The van der Waals surface area contributed by atoms with Gasteiger partial charge in [-0.3, -0.25) is 0 Å². The largest absolute Gasteiger partial charge is 0.494 e. The minimum absolute atomic E-state index is 0.335. The zero-order valence-electron chi connectivity index (χ0n) is 12.5. The van der Waals surface area contributed by atoms with Crippen LogP contribution >= 0.6 is 0 Å². The molecule has 0 spiro atoms. The molecule has 112 valence electrons. The molecule has 3 heteroatoms. The Kier molecular flexibility index (Phi) is 6.10. The van der Waals surface area contributed by atoms with E-state index in [0.29, 0.717) is 25.7 Å². The molecule has 2 aromatic carbocycles. The van der Waals surface area contributed by atoms with Crippen molar-refractivity contribution in [2.45, 2.75) is 19.3 Å². The molecule has 21 heavy (non-hydrogen) atoms. The summed E-state index contributed by atoms with van der Waals surface area (Å²) in [7, 11) is 0. The van der Waals surface area contributed by atoms with Crippen LogP contribution in [0.25, 0.3) is 0 Å². The first-order chi connectivity index (χ1) is 10.3. The summed E-state index contributed by atoms with van der Waals surface area (Å²) in [5.74, 6) is 2.01. The van der Waals surface area contributed by atoms with Crippen molar-refractivity contribution < 1.29 is 9.47 Å². The van der Waals surface area contributed by atoms with E-state index < -0.39 is 0 Å². The lowest BCUT2D eigenvalue weighted by atomic mass is 9.96. The number of ether oxygens (including phenoxy) is 2. The fourth-order valence-electron chi connectivity index (χ4n) is 2.29. The van der Waals surface area contributed by atoms with Gasteiger partial charge in [-0.1, -0.05) is 36.4 Å². The van der Waals surface area contributed by atoms with E-state index in [9.17, 15) is 0 Å². The third kappa shape index (κ3) is 4.80. The van der Waals surface area contributed by atoms with Gasteiger partial charge in [0, 0.05) is 6.07 Å². The molecule has 0 bridgehead atoms. The molecule has 0 radical (unpaired) electrons. The topological polar surface area (TPSA) is 44.5 Å². The minimum Gasteiger partial charge on any atom is -0.494 e. The summed E-state index contributed by atoms with van der Waals surface area (Å²) in [6.07, 6.45) is 0.902. The normalized spacial score (nSPS) is 11.9. The van der Waals surface area contributed by atoms with Crippen LogP contribution in [0.2, 0.25) is 0 Å². The highest BCUT2D eigenvalue weighted by atomic mass is 16.5. The van der Waals surface area contributed by atoms with Gasteiger partial charge in [-0.05, 0) is 43.5 Å². The second kappa shape index (κ2) is 8.32. The van der Waals surface area contributed by atoms with Crippen LogP contribution in [0, 0.1) is 0 Å². The van der Waals surface area contributed by atoms with Crippen molar-refractivity contribution >= 4 is 0 Å². The smallest absolute Gasteiger partial charge is 0.122 e. The predicted octanol–water partition coefficient (Wildman–Crippen LogP) is 3.60. The van der Waals surface area contributed by atoms with Gasteiger partial charge < -0.3 is 15.2 Å². The number of nitrogens with two attached hydrogens (primary N) is 1. The van der Waals surface area contributed by atoms with Gasteiger partial charge in [0.15, 0.2) is 0 Å². The first-order valence-corrected chi connectivity index (χ1v) is 7.44. The highest BCUT2D eigenvalue weighted by Crippen LogP contribution is 2.22. The van der Waals surface area contributed by atoms with Crippen LogP contribution in [-0.2, 0) is 0 Å². The van der Waals surface area contributed by atoms with E-state index in [1.165, 1.54) is 5.56 Å². The van der Waals surface area contributed by atoms with Gasteiger partial charge in [0.25, 0.3) is 0 Å². The van der Waals surface area contributed by atoms with Crippen molar-refractivity contribution in [3.05, 3.63) is 60.2 Å². The molecule has 0 aromatic heterocycles. The molecule has 0 saturated carbocycles. The summed E-state index contributed by atoms with van der Waals surface area (Å²) in [4.78, 5) is 0. The standard InChI is InChI=1S/C18H23NO2/c1-2-20-17-9-6-10-18(13-17)21-12-11-16(14-19)15-7-4-3-5-8-15/h3-10,13,16H,2,11-12,14,19H2,1H3. The summed E-state index contributed by atoms with van der Waals surface area (Å²) >= 11 is 0. The van der Waals surface area contributed by atoms with Gasteiger partial charge in [-0.25, -0.2) is 0 Å². The quantitative estimate of drug-likeness (QED) is 0.806. The Labute approximate surface area is 126 Å².